The molecule has 0 aliphatic carbocycles. The number of nitrogens with zero attached hydrogens (tertiary/aromatic N) is 3. The van der Waals surface area contributed by atoms with Crippen molar-refractivity contribution >= 4 is 45.7 Å². The van der Waals surface area contributed by atoms with Gasteiger partial charge in [-0.3, -0.25) is 14.5 Å². The van der Waals surface area contributed by atoms with Crippen molar-refractivity contribution in [2.75, 3.05) is 18.1 Å². The van der Waals surface area contributed by atoms with Gasteiger partial charge in [-0.15, -0.1) is 10.2 Å². The average molecular weight is 620 g/mol. The number of Topliss-reactive ketones (excluding diaryl/α,β-unsaturated/α-hetero) is 1. The first-order valence-corrected chi connectivity index (χ1v) is 15.7. The topological polar surface area (TPSA) is 102 Å². The number of unbranched alkanes of at least 4 members (excludes halogenated alkanes) is 1. The molecule has 0 radical (unpaired) electrons. The molecule has 1 unspecified atom stereocenters. The summed E-state index contributed by atoms with van der Waals surface area (Å²) in [7, 11) is 0. The third-order valence-electron chi connectivity index (χ3n) is 6.73. The minimum absolute atomic E-state index is 0.0735. The van der Waals surface area contributed by atoms with E-state index >= 15 is 0 Å². The summed E-state index contributed by atoms with van der Waals surface area (Å²) in [6, 6.07) is 19.3. The van der Waals surface area contributed by atoms with E-state index in [0.29, 0.717) is 51.5 Å². The van der Waals surface area contributed by atoms with Crippen LogP contribution in [0.4, 0.5) is 9.52 Å². The van der Waals surface area contributed by atoms with Crippen LogP contribution < -0.4 is 14.4 Å². The normalized spacial score (nSPS) is 16.1. The Bertz CT molecular complexity index is 1640. The van der Waals surface area contributed by atoms with E-state index in [1.54, 1.807) is 66.7 Å². The lowest BCUT2D eigenvalue weighted by molar-refractivity contribution is -0.132. The number of ketones is 1. The zero-order valence-corrected chi connectivity index (χ0v) is 25.3. The van der Waals surface area contributed by atoms with E-state index < -0.39 is 17.7 Å². The number of carbonyl (C=O) groups is 2. The lowest BCUT2D eigenvalue weighted by atomic mass is 9.95. The molecule has 0 spiro atoms. The van der Waals surface area contributed by atoms with Crippen molar-refractivity contribution in [2.45, 2.75) is 42.8 Å². The average Bonchev–Trinajstić information content (AvgIpc) is 3.59. The smallest absolute Gasteiger partial charge is 0.301 e. The Hall–Kier alpha value is -4.22. The summed E-state index contributed by atoms with van der Waals surface area (Å²) < 4.78 is 26.1. The van der Waals surface area contributed by atoms with Crippen molar-refractivity contribution in [1.29, 1.82) is 0 Å². The summed E-state index contributed by atoms with van der Waals surface area (Å²) in [5.41, 5.74) is 1.37. The summed E-state index contributed by atoms with van der Waals surface area (Å²) in [5.74, 6) is -0.803. The highest BCUT2D eigenvalue weighted by molar-refractivity contribution is 8.00. The van der Waals surface area contributed by atoms with Crippen LogP contribution in [0.2, 0.25) is 0 Å². The maximum Gasteiger partial charge on any atom is 0.301 e. The van der Waals surface area contributed by atoms with Gasteiger partial charge in [-0.05, 0) is 66.9 Å². The van der Waals surface area contributed by atoms with Crippen LogP contribution in [0.3, 0.4) is 0 Å². The van der Waals surface area contributed by atoms with Crippen molar-refractivity contribution in [1.82, 2.24) is 10.2 Å². The van der Waals surface area contributed by atoms with Crippen molar-refractivity contribution < 1.29 is 28.6 Å². The maximum atomic E-state index is 14.1. The van der Waals surface area contributed by atoms with E-state index in [4.69, 9.17) is 9.47 Å². The number of halogens is 1. The Morgan fingerprint density at radius 3 is 2.53 bits per heavy atom. The number of amides is 1. The van der Waals surface area contributed by atoms with Crippen LogP contribution >= 0.6 is 23.1 Å². The fourth-order valence-corrected chi connectivity index (χ4v) is 6.45. The fraction of sp³-hybridized carbons (Fsp3) is 0.250. The third-order valence-corrected chi connectivity index (χ3v) is 8.84. The fourth-order valence-electron chi connectivity index (χ4n) is 4.60. The van der Waals surface area contributed by atoms with Crippen molar-refractivity contribution in [2.24, 2.45) is 0 Å². The summed E-state index contributed by atoms with van der Waals surface area (Å²) >= 11 is 2.39. The number of ether oxygens (including phenoxy) is 2. The lowest BCUT2D eigenvalue weighted by Crippen LogP contribution is -2.29. The number of aliphatic hydroxyl groups excluding tert-OH is 1. The number of anilines is 1. The SMILES string of the molecule is CCCCOc1cccc(C2/C(=C(\O)c3ccc(OCC)cc3)C(=O)C(=O)N2c2nnc(SCc3ccccc3F)s2)c1. The molecule has 11 heteroatoms. The van der Waals surface area contributed by atoms with Gasteiger partial charge in [0.05, 0.1) is 24.8 Å². The van der Waals surface area contributed by atoms with Gasteiger partial charge in [-0.2, -0.15) is 0 Å². The van der Waals surface area contributed by atoms with Crippen LogP contribution in [-0.4, -0.2) is 40.2 Å². The standard InChI is InChI=1S/C32H30FN3O5S2/c1-3-5-17-41-24-11-8-10-21(18-24)27-26(28(37)20-13-15-23(16-14-20)40-4-2)29(38)30(39)36(27)31-34-35-32(43-31)42-19-22-9-6-7-12-25(22)33/h6-16,18,27,37H,3-5,17,19H2,1-2H3/b28-26+. The zero-order chi connectivity index (χ0) is 30.3. The lowest BCUT2D eigenvalue weighted by Gasteiger charge is -2.23. The van der Waals surface area contributed by atoms with Crippen molar-refractivity contribution in [3.63, 3.8) is 0 Å². The molecule has 1 aliphatic rings. The van der Waals surface area contributed by atoms with Gasteiger partial charge in [0, 0.05) is 11.3 Å². The van der Waals surface area contributed by atoms with Gasteiger partial charge in [0.15, 0.2) is 4.34 Å². The van der Waals surface area contributed by atoms with E-state index in [1.165, 1.54) is 22.7 Å². The molecule has 1 aliphatic heterocycles. The number of rotatable bonds is 12. The Balaban J connectivity index is 1.53. The van der Waals surface area contributed by atoms with Gasteiger partial charge in [-0.25, -0.2) is 4.39 Å². The predicted octanol–water partition coefficient (Wildman–Crippen LogP) is 7.17. The summed E-state index contributed by atoms with van der Waals surface area (Å²) in [4.78, 5) is 28.4. The quantitative estimate of drug-likeness (QED) is 0.0445. The molecule has 1 aromatic heterocycles. The Labute approximate surface area is 257 Å². The molecular weight excluding hydrogens is 590 g/mol. The van der Waals surface area contributed by atoms with Gasteiger partial charge < -0.3 is 14.6 Å². The molecule has 1 atom stereocenters. The first-order valence-electron chi connectivity index (χ1n) is 13.9. The maximum absolute atomic E-state index is 14.1. The van der Waals surface area contributed by atoms with Crippen LogP contribution in [0.5, 0.6) is 11.5 Å². The Morgan fingerprint density at radius 1 is 1.00 bits per heavy atom. The second kappa shape index (κ2) is 13.8. The molecule has 8 nitrogen and oxygen atoms in total. The first kappa shape index (κ1) is 30.2. The highest BCUT2D eigenvalue weighted by Gasteiger charge is 2.48. The van der Waals surface area contributed by atoms with E-state index in [1.807, 2.05) is 6.92 Å². The van der Waals surface area contributed by atoms with Crippen LogP contribution in [0.15, 0.2) is 82.7 Å². The first-order chi connectivity index (χ1) is 20.9. The predicted molar refractivity (Wildman–Crippen MR) is 165 cm³/mol. The number of benzene rings is 3. The summed E-state index contributed by atoms with van der Waals surface area (Å²) in [6.45, 7) is 4.94. The highest BCUT2D eigenvalue weighted by Crippen LogP contribution is 2.44. The summed E-state index contributed by atoms with van der Waals surface area (Å²) in [6.07, 6.45) is 1.84. The summed E-state index contributed by atoms with van der Waals surface area (Å²) in [5, 5.41) is 20.1. The molecule has 1 saturated heterocycles. The molecule has 43 heavy (non-hydrogen) atoms. The zero-order valence-electron chi connectivity index (χ0n) is 23.7. The molecule has 222 valence electrons. The largest absolute Gasteiger partial charge is 0.507 e. The van der Waals surface area contributed by atoms with Gasteiger partial charge >= 0.3 is 5.91 Å². The number of thioether (sulfide) groups is 1. The van der Waals surface area contributed by atoms with E-state index in [0.717, 1.165) is 24.2 Å². The number of aromatic nitrogens is 2. The monoisotopic (exact) mass is 619 g/mol. The van der Waals surface area contributed by atoms with Gasteiger partial charge in [0.25, 0.3) is 5.78 Å². The van der Waals surface area contributed by atoms with Crippen LogP contribution in [0.25, 0.3) is 5.76 Å². The molecule has 1 N–H and O–H groups in total. The minimum atomic E-state index is -0.987. The molecule has 3 aromatic carbocycles. The van der Waals surface area contributed by atoms with E-state index in [2.05, 4.69) is 17.1 Å². The second-order valence-electron chi connectivity index (χ2n) is 9.63. The van der Waals surface area contributed by atoms with Crippen molar-refractivity contribution in [3.8, 4) is 11.5 Å². The van der Waals surface area contributed by atoms with Gasteiger partial charge in [0.1, 0.15) is 23.1 Å². The molecular formula is C32H30FN3O5S2. The van der Waals surface area contributed by atoms with Gasteiger partial charge in [-0.1, -0.05) is 66.8 Å². The molecule has 5 rings (SSSR count). The molecule has 2 heterocycles. The van der Waals surface area contributed by atoms with Crippen LogP contribution in [-0.2, 0) is 15.3 Å². The molecule has 1 amide bonds. The second-order valence-corrected chi connectivity index (χ2v) is 11.8. The third kappa shape index (κ3) is 6.73. The van der Waals surface area contributed by atoms with Crippen LogP contribution in [0, 0.1) is 5.82 Å². The molecule has 0 bridgehead atoms. The minimum Gasteiger partial charge on any atom is -0.507 e. The van der Waals surface area contributed by atoms with Crippen molar-refractivity contribution in [3.05, 3.63) is 101 Å². The van der Waals surface area contributed by atoms with Crippen LogP contribution in [0.1, 0.15) is 49.4 Å². The van der Waals surface area contributed by atoms with E-state index in [9.17, 15) is 19.1 Å². The Morgan fingerprint density at radius 2 is 1.79 bits per heavy atom. The molecule has 4 aromatic rings. The number of hydrogen-bond donors (Lipinski definition) is 1. The molecule has 0 saturated carbocycles. The number of carbonyl (C=O) groups excluding carboxylic acids is 2. The number of aliphatic hydroxyl groups is 1. The Kier molecular flexibility index (Phi) is 9.73. The number of hydrogen-bond acceptors (Lipinski definition) is 9. The highest BCUT2D eigenvalue weighted by atomic mass is 32.2. The van der Waals surface area contributed by atoms with E-state index in [-0.39, 0.29) is 22.3 Å². The molecule has 1 fully saturated rings. The van der Waals surface area contributed by atoms with Gasteiger partial charge in [0.2, 0.25) is 5.13 Å².